The third-order valence-electron chi connectivity index (χ3n) is 6.88. The molecule has 4 aromatic rings. The summed E-state index contributed by atoms with van der Waals surface area (Å²) in [6, 6.07) is 13.9. The van der Waals surface area contributed by atoms with E-state index in [4.69, 9.17) is 4.74 Å². The summed E-state index contributed by atoms with van der Waals surface area (Å²) in [5, 5.41) is 6.64. The first kappa shape index (κ1) is 25.6. The average molecular weight is 555 g/mol. The van der Waals surface area contributed by atoms with E-state index in [0.29, 0.717) is 68.0 Å². The highest BCUT2D eigenvalue weighted by Gasteiger charge is 2.34. The molecule has 1 atom stereocenters. The molecular formula is C29H26N6O4S. The zero-order valence-corrected chi connectivity index (χ0v) is 22.7. The van der Waals surface area contributed by atoms with E-state index in [1.807, 2.05) is 37.3 Å². The Morgan fingerprint density at radius 1 is 1.12 bits per heavy atom. The number of urea groups is 1. The van der Waals surface area contributed by atoms with Gasteiger partial charge in [0.05, 0.1) is 34.2 Å². The number of carbonyl (C=O) groups excluding carboxylic acids is 3. The summed E-state index contributed by atoms with van der Waals surface area (Å²) >= 11 is 1.21. The van der Waals surface area contributed by atoms with Crippen LogP contribution in [0, 0.1) is 6.92 Å². The molecule has 4 amide bonds. The van der Waals surface area contributed by atoms with E-state index < -0.39 is 6.03 Å². The van der Waals surface area contributed by atoms with E-state index in [-0.39, 0.29) is 17.9 Å². The normalized spacial score (nSPS) is 17.6. The molecule has 0 bridgehead atoms. The van der Waals surface area contributed by atoms with E-state index in [0.717, 1.165) is 12.8 Å². The SMILES string of the molecule is CC(=O)N=C1CCCC[C@H]1NC(=O)c1sc2nccc3c2c1NC(=O)N3c1ccc(Oc2ccccc2)nc1C. The number of rotatable bonds is 5. The molecule has 40 heavy (non-hydrogen) atoms. The van der Waals surface area contributed by atoms with Crippen molar-refractivity contribution in [1.82, 2.24) is 15.3 Å². The van der Waals surface area contributed by atoms with Gasteiger partial charge in [-0.2, -0.15) is 0 Å². The number of thiophene rings is 1. The summed E-state index contributed by atoms with van der Waals surface area (Å²) in [7, 11) is 0. The van der Waals surface area contributed by atoms with Gasteiger partial charge in [-0.1, -0.05) is 24.6 Å². The van der Waals surface area contributed by atoms with Crippen LogP contribution < -0.4 is 20.3 Å². The third-order valence-corrected chi connectivity index (χ3v) is 7.97. The number of nitrogens with zero attached hydrogens (tertiary/aromatic N) is 4. The van der Waals surface area contributed by atoms with Crippen LogP contribution in [0.3, 0.4) is 0 Å². The fourth-order valence-corrected chi connectivity index (χ4v) is 6.15. The zero-order valence-electron chi connectivity index (χ0n) is 21.9. The summed E-state index contributed by atoms with van der Waals surface area (Å²) in [6.45, 7) is 3.22. The maximum absolute atomic E-state index is 13.5. The van der Waals surface area contributed by atoms with Gasteiger partial charge in [0.2, 0.25) is 11.8 Å². The van der Waals surface area contributed by atoms with Crippen molar-refractivity contribution in [1.29, 1.82) is 0 Å². The smallest absolute Gasteiger partial charge is 0.331 e. The third kappa shape index (κ3) is 4.79. The lowest BCUT2D eigenvalue weighted by molar-refractivity contribution is -0.115. The van der Waals surface area contributed by atoms with Gasteiger partial charge in [0.1, 0.15) is 15.5 Å². The van der Waals surface area contributed by atoms with Crippen LogP contribution in [0.1, 0.15) is 48.0 Å². The highest BCUT2D eigenvalue weighted by atomic mass is 32.1. The monoisotopic (exact) mass is 554 g/mol. The number of para-hydroxylation sites is 1. The highest BCUT2D eigenvalue weighted by molar-refractivity contribution is 7.21. The minimum atomic E-state index is -0.412. The van der Waals surface area contributed by atoms with Gasteiger partial charge in [0.15, 0.2) is 0 Å². The molecule has 1 saturated carbocycles. The quantitative estimate of drug-likeness (QED) is 0.305. The Hall–Kier alpha value is -4.64. The number of hydrogen-bond acceptors (Lipinski definition) is 7. The van der Waals surface area contributed by atoms with E-state index in [1.54, 1.807) is 29.3 Å². The number of benzene rings is 1. The van der Waals surface area contributed by atoms with Gasteiger partial charge in [0, 0.05) is 24.9 Å². The van der Waals surface area contributed by atoms with Crippen molar-refractivity contribution in [2.45, 2.75) is 45.6 Å². The first-order valence-electron chi connectivity index (χ1n) is 13.0. The van der Waals surface area contributed by atoms with E-state index in [9.17, 15) is 14.4 Å². The first-order valence-corrected chi connectivity index (χ1v) is 13.8. The van der Waals surface area contributed by atoms with Gasteiger partial charge in [-0.15, -0.1) is 11.3 Å². The fraction of sp³-hybridized carbons (Fsp3) is 0.241. The molecule has 1 aliphatic heterocycles. The van der Waals surface area contributed by atoms with Crippen molar-refractivity contribution in [2.24, 2.45) is 4.99 Å². The molecule has 1 aliphatic carbocycles. The van der Waals surface area contributed by atoms with Gasteiger partial charge >= 0.3 is 6.03 Å². The van der Waals surface area contributed by atoms with Crippen molar-refractivity contribution < 1.29 is 19.1 Å². The molecule has 0 unspecified atom stereocenters. The zero-order chi connectivity index (χ0) is 27.8. The molecule has 1 aromatic carbocycles. The molecule has 0 saturated heterocycles. The summed E-state index contributed by atoms with van der Waals surface area (Å²) in [4.78, 5) is 54.3. The Morgan fingerprint density at radius 3 is 2.73 bits per heavy atom. The summed E-state index contributed by atoms with van der Waals surface area (Å²) in [6.07, 6.45) is 4.86. The van der Waals surface area contributed by atoms with Gasteiger partial charge in [0.25, 0.3) is 5.91 Å². The molecule has 0 radical (unpaired) electrons. The molecular weight excluding hydrogens is 528 g/mol. The minimum absolute atomic E-state index is 0.279. The number of aliphatic imine (C=N–C) groups is 1. The van der Waals surface area contributed by atoms with Crippen molar-refractivity contribution in [3.8, 4) is 11.6 Å². The van der Waals surface area contributed by atoms with Crippen LogP contribution in [0.5, 0.6) is 11.6 Å². The maximum Gasteiger partial charge on any atom is 0.331 e. The van der Waals surface area contributed by atoms with Crippen LogP contribution in [0.25, 0.3) is 10.2 Å². The molecule has 4 heterocycles. The van der Waals surface area contributed by atoms with Crippen molar-refractivity contribution in [3.63, 3.8) is 0 Å². The predicted octanol–water partition coefficient (Wildman–Crippen LogP) is 6.14. The van der Waals surface area contributed by atoms with Crippen LogP contribution in [0.2, 0.25) is 0 Å². The fourth-order valence-electron chi connectivity index (χ4n) is 5.13. The molecule has 6 rings (SSSR count). The van der Waals surface area contributed by atoms with Gasteiger partial charge < -0.3 is 15.4 Å². The van der Waals surface area contributed by atoms with E-state index >= 15 is 0 Å². The van der Waals surface area contributed by atoms with Gasteiger partial charge in [-0.3, -0.25) is 14.5 Å². The predicted molar refractivity (Wildman–Crippen MR) is 154 cm³/mol. The van der Waals surface area contributed by atoms with Crippen LogP contribution >= 0.6 is 11.3 Å². The number of aryl methyl sites for hydroxylation is 1. The van der Waals surface area contributed by atoms with Crippen LogP contribution in [0.4, 0.5) is 21.9 Å². The highest BCUT2D eigenvalue weighted by Crippen LogP contribution is 2.46. The number of nitrogens with one attached hydrogen (secondary N) is 2. The Kier molecular flexibility index (Phi) is 6.72. The molecule has 2 aliphatic rings. The molecule has 3 aromatic heterocycles. The molecule has 202 valence electrons. The lowest BCUT2D eigenvalue weighted by Crippen LogP contribution is -2.43. The standard InChI is InChI=1S/C29H26N6O4S/c1-16-21(12-13-23(31-16)39-18-8-4-3-5-9-18)35-22-14-15-30-28-24(22)25(34-29(35)38)26(40-28)27(37)33-20-11-7-6-10-19(20)32-17(2)36/h3-5,8-9,12-15,20H,6-7,10-11H2,1-2H3,(H,33,37)(H,34,38)/t20-/m1/s1. The number of amides is 4. The van der Waals surface area contributed by atoms with E-state index in [2.05, 4.69) is 25.6 Å². The lowest BCUT2D eigenvalue weighted by Gasteiger charge is -2.29. The second kappa shape index (κ2) is 10.5. The Labute approximate surface area is 234 Å². The van der Waals surface area contributed by atoms with Crippen molar-refractivity contribution >= 4 is 62.2 Å². The van der Waals surface area contributed by atoms with Gasteiger partial charge in [-0.05, 0) is 50.5 Å². The number of anilines is 3. The minimum Gasteiger partial charge on any atom is -0.439 e. The number of hydrogen-bond donors (Lipinski definition) is 2. The molecule has 0 spiro atoms. The maximum atomic E-state index is 13.5. The second-order valence-corrected chi connectivity index (χ2v) is 10.6. The molecule has 11 heteroatoms. The number of carbonyl (C=O) groups is 3. The first-order chi connectivity index (χ1) is 19.4. The lowest BCUT2D eigenvalue weighted by atomic mass is 9.93. The molecule has 10 nitrogen and oxygen atoms in total. The van der Waals surface area contributed by atoms with Crippen molar-refractivity contribution in [3.05, 3.63) is 65.3 Å². The average Bonchev–Trinajstić information content (AvgIpc) is 3.30. The second-order valence-electron chi connectivity index (χ2n) is 9.65. The summed E-state index contributed by atoms with van der Waals surface area (Å²) in [5.74, 6) is 0.463. The van der Waals surface area contributed by atoms with Crippen molar-refractivity contribution in [2.75, 3.05) is 10.2 Å². The van der Waals surface area contributed by atoms with Crippen LogP contribution in [0.15, 0.2) is 59.7 Å². The van der Waals surface area contributed by atoms with Crippen LogP contribution in [-0.4, -0.2) is 39.6 Å². The Morgan fingerprint density at radius 2 is 1.95 bits per heavy atom. The summed E-state index contributed by atoms with van der Waals surface area (Å²) < 4.78 is 5.85. The molecule has 2 N–H and O–H groups in total. The van der Waals surface area contributed by atoms with Gasteiger partial charge in [-0.25, -0.2) is 19.8 Å². The number of ether oxygens (including phenoxy) is 1. The Balaban J connectivity index is 1.33. The van der Waals surface area contributed by atoms with Crippen LogP contribution in [-0.2, 0) is 4.79 Å². The topological polar surface area (TPSA) is 126 Å². The number of aromatic nitrogens is 2. The largest absolute Gasteiger partial charge is 0.439 e. The number of pyridine rings is 2. The molecule has 1 fully saturated rings. The summed E-state index contributed by atoms with van der Waals surface area (Å²) in [5.41, 5.74) is 2.91. The Bertz CT molecular complexity index is 1680. The van der Waals surface area contributed by atoms with E-state index in [1.165, 1.54) is 18.3 Å².